The number of nitrogens with zero attached hydrogens (tertiary/aromatic N) is 2. The molecule has 1 fully saturated rings. The second kappa shape index (κ2) is 3.88. The van der Waals surface area contributed by atoms with E-state index in [9.17, 15) is 4.79 Å². The van der Waals surface area contributed by atoms with Gasteiger partial charge in [0, 0.05) is 18.8 Å². The normalized spacial score (nSPS) is 18.6. The first-order chi connectivity index (χ1) is 8.98. The lowest BCUT2D eigenvalue weighted by Crippen LogP contribution is -2.62. The molecule has 1 aliphatic heterocycles. The largest absolute Gasteiger partial charge is 0.423 e. The number of anilines is 2. The Morgan fingerprint density at radius 1 is 1.47 bits per heavy atom. The number of hydrogen-bond donors (Lipinski definition) is 2. The summed E-state index contributed by atoms with van der Waals surface area (Å²) in [6.45, 7) is 4.96. The highest BCUT2D eigenvalue weighted by molar-refractivity contribution is 5.90. The lowest BCUT2D eigenvalue weighted by atomic mass is 10.00. The summed E-state index contributed by atoms with van der Waals surface area (Å²) in [5.74, 6) is -0.0273. The average Bonchev–Trinajstić information content (AvgIpc) is 2.75. The number of piperazine rings is 1. The van der Waals surface area contributed by atoms with Gasteiger partial charge in [-0.3, -0.25) is 4.79 Å². The van der Waals surface area contributed by atoms with Gasteiger partial charge in [-0.05, 0) is 32.0 Å². The van der Waals surface area contributed by atoms with E-state index in [0.29, 0.717) is 35.9 Å². The number of fused-ring (bicyclic) bond motifs is 1. The Bertz CT molecular complexity index is 647. The van der Waals surface area contributed by atoms with Crippen molar-refractivity contribution in [2.75, 3.05) is 23.7 Å². The van der Waals surface area contributed by atoms with Crippen LogP contribution in [-0.4, -0.2) is 29.5 Å². The number of nitrogens with one attached hydrogen (secondary N) is 1. The SMILES string of the molecule is CC1(C)C(=O)NCCN1c1nc2cc(N)ccc2o1. The van der Waals surface area contributed by atoms with Gasteiger partial charge in [0.2, 0.25) is 5.91 Å². The molecule has 2 heterocycles. The lowest BCUT2D eigenvalue weighted by Gasteiger charge is -2.39. The van der Waals surface area contributed by atoms with Crippen molar-refractivity contribution >= 4 is 28.7 Å². The van der Waals surface area contributed by atoms with E-state index in [4.69, 9.17) is 10.2 Å². The maximum absolute atomic E-state index is 11.9. The highest BCUT2D eigenvalue weighted by Gasteiger charge is 2.40. The predicted molar refractivity (Wildman–Crippen MR) is 72.9 cm³/mol. The maximum atomic E-state index is 11.9. The number of benzene rings is 1. The van der Waals surface area contributed by atoms with Crippen molar-refractivity contribution in [1.82, 2.24) is 10.3 Å². The van der Waals surface area contributed by atoms with E-state index in [0.717, 1.165) is 0 Å². The molecule has 6 nitrogen and oxygen atoms in total. The highest BCUT2D eigenvalue weighted by Crippen LogP contribution is 2.29. The Hall–Kier alpha value is -2.24. The minimum absolute atomic E-state index is 0.0273. The maximum Gasteiger partial charge on any atom is 0.299 e. The smallest absolute Gasteiger partial charge is 0.299 e. The van der Waals surface area contributed by atoms with Crippen LogP contribution >= 0.6 is 0 Å². The Balaban J connectivity index is 2.06. The second-order valence-electron chi connectivity index (χ2n) is 5.19. The summed E-state index contributed by atoms with van der Waals surface area (Å²) in [6, 6.07) is 5.78. The molecule has 1 amide bonds. The second-order valence-corrected chi connectivity index (χ2v) is 5.19. The monoisotopic (exact) mass is 260 g/mol. The van der Waals surface area contributed by atoms with Gasteiger partial charge in [-0.15, -0.1) is 0 Å². The molecule has 19 heavy (non-hydrogen) atoms. The number of nitrogen functional groups attached to an aromatic ring is 1. The molecule has 6 heteroatoms. The van der Waals surface area contributed by atoms with E-state index >= 15 is 0 Å². The summed E-state index contributed by atoms with van der Waals surface area (Å²) >= 11 is 0. The molecule has 0 bridgehead atoms. The number of nitrogens with two attached hydrogens (primary N) is 1. The zero-order chi connectivity index (χ0) is 13.6. The summed E-state index contributed by atoms with van der Waals surface area (Å²) in [7, 11) is 0. The standard InChI is InChI=1S/C13H16N4O2/c1-13(2)11(18)15-5-6-17(13)12-16-9-7-8(14)3-4-10(9)19-12/h3-4,7H,5-6,14H2,1-2H3,(H,15,18). The third-order valence-electron chi connectivity index (χ3n) is 3.48. The first-order valence-electron chi connectivity index (χ1n) is 6.20. The van der Waals surface area contributed by atoms with E-state index in [1.165, 1.54) is 0 Å². The van der Waals surface area contributed by atoms with Crippen LogP contribution in [0.1, 0.15) is 13.8 Å². The van der Waals surface area contributed by atoms with E-state index in [1.54, 1.807) is 18.2 Å². The first kappa shape index (κ1) is 11.8. The minimum Gasteiger partial charge on any atom is -0.423 e. The van der Waals surface area contributed by atoms with Crippen LogP contribution < -0.4 is 16.0 Å². The van der Waals surface area contributed by atoms with Gasteiger partial charge in [0.1, 0.15) is 11.1 Å². The molecule has 0 atom stereocenters. The number of aromatic nitrogens is 1. The van der Waals surface area contributed by atoms with Gasteiger partial charge in [0.25, 0.3) is 6.01 Å². The van der Waals surface area contributed by atoms with Crippen LogP contribution in [0, 0.1) is 0 Å². The summed E-state index contributed by atoms with van der Waals surface area (Å²) in [4.78, 5) is 18.2. The number of carbonyl (C=O) groups excluding carboxylic acids is 1. The average molecular weight is 260 g/mol. The number of carbonyl (C=O) groups is 1. The fourth-order valence-corrected chi connectivity index (χ4v) is 2.28. The predicted octanol–water partition coefficient (Wildman–Crippen LogP) is 1.12. The zero-order valence-electron chi connectivity index (χ0n) is 10.9. The van der Waals surface area contributed by atoms with Gasteiger partial charge in [0.15, 0.2) is 5.58 Å². The third-order valence-corrected chi connectivity index (χ3v) is 3.48. The molecule has 2 aromatic rings. The fourth-order valence-electron chi connectivity index (χ4n) is 2.28. The van der Waals surface area contributed by atoms with Crippen LogP contribution in [0.5, 0.6) is 0 Å². The van der Waals surface area contributed by atoms with E-state index < -0.39 is 5.54 Å². The Morgan fingerprint density at radius 2 is 2.26 bits per heavy atom. The number of oxazole rings is 1. The molecule has 1 aliphatic rings. The van der Waals surface area contributed by atoms with Crippen molar-refractivity contribution in [2.45, 2.75) is 19.4 Å². The molecular formula is C13H16N4O2. The van der Waals surface area contributed by atoms with Crippen LogP contribution in [0.4, 0.5) is 11.7 Å². The first-order valence-corrected chi connectivity index (χ1v) is 6.20. The number of hydrogen-bond acceptors (Lipinski definition) is 5. The van der Waals surface area contributed by atoms with Gasteiger partial charge < -0.3 is 20.4 Å². The molecule has 1 saturated heterocycles. The van der Waals surface area contributed by atoms with Crippen LogP contribution in [0.2, 0.25) is 0 Å². The fraction of sp³-hybridized carbons (Fsp3) is 0.385. The van der Waals surface area contributed by atoms with E-state index in [-0.39, 0.29) is 5.91 Å². The van der Waals surface area contributed by atoms with Crippen molar-refractivity contribution in [1.29, 1.82) is 0 Å². The van der Waals surface area contributed by atoms with Crippen molar-refractivity contribution in [3.8, 4) is 0 Å². The van der Waals surface area contributed by atoms with Crippen molar-refractivity contribution in [2.24, 2.45) is 0 Å². The van der Waals surface area contributed by atoms with Crippen molar-refractivity contribution in [3.05, 3.63) is 18.2 Å². The summed E-state index contributed by atoms with van der Waals surface area (Å²) < 4.78 is 5.73. The Kier molecular flexibility index (Phi) is 2.41. The van der Waals surface area contributed by atoms with Crippen LogP contribution in [0.15, 0.2) is 22.6 Å². The Labute approximate surface area is 110 Å². The Morgan fingerprint density at radius 3 is 3.05 bits per heavy atom. The topological polar surface area (TPSA) is 84.4 Å². The molecule has 100 valence electrons. The summed E-state index contributed by atoms with van der Waals surface area (Å²) in [5, 5.41) is 2.84. The van der Waals surface area contributed by atoms with Gasteiger partial charge in [-0.2, -0.15) is 4.98 Å². The van der Waals surface area contributed by atoms with Crippen LogP contribution in [-0.2, 0) is 4.79 Å². The summed E-state index contributed by atoms with van der Waals surface area (Å²) in [6.07, 6.45) is 0. The van der Waals surface area contributed by atoms with Gasteiger partial charge >= 0.3 is 0 Å². The molecule has 3 N–H and O–H groups in total. The van der Waals surface area contributed by atoms with E-state index in [2.05, 4.69) is 10.3 Å². The lowest BCUT2D eigenvalue weighted by molar-refractivity contribution is -0.126. The van der Waals surface area contributed by atoms with Crippen LogP contribution in [0.25, 0.3) is 11.1 Å². The van der Waals surface area contributed by atoms with Gasteiger partial charge in [0.05, 0.1) is 0 Å². The van der Waals surface area contributed by atoms with Crippen molar-refractivity contribution < 1.29 is 9.21 Å². The van der Waals surface area contributed by atoms with Crippen LogP contribution in [0.3, 0.4) is 0 Å². The van der Waals surface area contributed by atoms with Gasteiger partial charge in [-0.1, -0.05) is 0 Å². The number of amides is 1. The molecule has 1 aromatic carbocycles. The van der Waals surface area contributed by atoms with Crippen molar-refractivity contribution in [3.63, 3.8) is 0 Å². The summed E-state index contributed by atoms with van der Waals surface area (Å²) in [5.41, 5.74) is 7.07. The molecule has 0 spiro atoms. The highest BCUT2D eigenvalue weighted by atomic mass is 16.4. The molecule has 3 rings (SSSR count). The molecule has 0 aliphatic carbocycles. The minimum atomic E-state index is -0.676. The molecule has 0 unspecified atom stereocenters. The third kappa shape index (κ3) is 1.80. The zero-order valence-corrected chi connectivity index (χ0v) is 10.9. The van der Waals surface area contributed by atoms with E-state index in [1.807, 2.05) is 18.7 Å². The van der Waals surface area contributed by atoms with Gasteiger partial charge in [-0.25, -0.2) is 0 Å². The number of rotatable bonds is 1. The quantitative estimate of drug-likeness (QED) is 0.751. The molecule has 0 saturated carbocycles. The molecule has 0 radical (unpaired) electrons. The molecule has 1 aromatic heterocycles. The molecular weight excluding hydrogens is 244 g/mol.